The van der Waals surface area contributed by atoms with E-state index in [1.165, 1.54) is 0 Å². The van der Waals surface area contributed by atoms with E-state index in [4.69, 9.17) is 0 Å². The summed E-state index contributed by atoms with van der Waals surface area (Å²) in [6, 6.07) is 3.40. The van der Waals surface area contributed by atoms with Crippen LogP contribution in [-0.2, 0) is 11.2 Å². The fourth-order valence-corrected chi connectivity index (χ4v) is 5.51. The summed E-state index contributed by atoms with van der Waals surface area (Å²) in [6.07, 6.45) is 7.17. The van der Waals surface area contributed by atoms with Gasteiger partial charge in [0.1, 0.15) is 17.6 Å². The standard InChI is InChI=1S/C29H42N6O3/c1-6-7-8-21(34-28(38)26-18(2)25-22(33-26)15-29(3,4)16-23(25)36)27(37)32-20-9-10-24(30-17-20)31-19-11-13-35(5)14-12-19/h9-10,17,19,21,33H,6-8,11-16H2,1-5H3,(H,30,31)(H,32,37)(H,34,38). The number of nitrogens with one attached hydrogen (secondary N) is 4. The number of carbonyl (C=O) groups excluding carboxylic acids is 3. The third-order valence-corrected chi connectivity index (χ3v) is 7.70. The molecule has 0 saturated carbocycles. The maximum absolute atomic E-state index is 13.3. The zero-order chi connectivity index (χ0) is 27.4. The van der Waals surface area contributed by atoms with Crippen LogP contribution in [0, 0.1) is 12.3 Å². The Labute approximate surface area is 225 Å². The van der Waals surface area contributed by atoms with Crippen molar-refractivity contribution >= 4 is 29.1 Å². The van der Waals surface area contributed by atoms with Gasteiger partial charge in [-0.1, -0.05) is 33.6 Å². The lowest BCUT2D eigenvalue weighted by Gasteiger charge is -2.29. The highest BCUT2D eigenvalue weighted by molar-refractivity contribution is 6.06. The second kappa shape index (κ2) is 11.7. The molecule has 1 aliphatic carbocycles. The monoisotopic (exact) mass is 522 g/mol. The highest BCUT2D eigenvalue weighted by Gasteiger charge is 2.35. The van der Waals surface area contributed by atoms with E-state index in [0.29, 0.717) is 47.8 Å². The molecule has 1 fully saturated rings. The molecule has 3 heterocycles. The van der Waals surface area contributed by atoms with Crippen molar-refractivity contribution in [3.05, 3.63) is 40.8 Å². The van der Waals surface area contributed by atoms with Gasteiger partial charge < -0.3 is 25.8 Å². The zero-order valence-corrected chi connectivity index (χ0v) is 23.4. The summed E-state index contributed by atoms with van der Waals surface area (Å²) in [5.74, 6) is 0.202. The molecule has 206 valence electrons. The quantitative estimate of drug-likeness (QED) is 0.390. The van der Waals surface area contributed by atoms with Crippen LogP contribution < -0.4 is 16.0 Å². The minimum Gasteiger partial charge on any atom is -0.367 e. The maximum Gasteiger partial charge on any atom is 0.268 e. The number of likely N-dealkylation sites (tertiary alicyclic amines) is 1. The van der Waals surface area contributed by atoms with Crippen molar-refractivity contribution in [1.82, 2.24) is 20.2 Å². The Morgan fingerprint density at radius 1 is 1.21 bits per heavy atom. The predicted octanol–water partition coefficient (Wildman–Crippen LogP) is 4.31. The molecule has 1 aliphatic heterocycles. The number of piperidine rings is 1. The average Bonchev–Trinajstić information content (AvgIpc) is 3.19. The lowest BCUT2D eigenvalue weighted by molar-refractivity contribution is -0.118. The largest absolute Gasteiger partial charge is 0.367 e. The van der Waals surface area contributed by atoms with Crippen LogP contribution in [0.4, 0.5) is 11.5 Å². The second-order valence-corrected chi connectivity index (χ2v) is 11.7. The number of ketones is 1. The molecule has 9 nitrogen and oxygen atoms in total. The van der Waals surface area contributed by atoms with Gasteiger partial charge >= 0.3 is 0 Å². The van der Waals surface area contributed by atoms with Gasteiger partial charge in [-0.25, -0.2) is 4.98 Å². The van der Waals surface area contributed by atoms with Gasteiger partial charge in [-0.3, -0.25) is 14.4 Å². The normalized spacial score (nSPS) is 18.5. The first-order chi connectivity index (χ1) is 18.1. The highest BCUT2D eigenvalue weighted by atomic mass is 16.2. The number of hydrogen-bond donors (Lipinski definition) is 4. The summed E-state index contributed by atoms with van der Waals surface area (Å²) < 4.78 is 0. The average molecular weight is 523 g/mol. The molecule has 1 unspecified atom stereocenters. The molecule has 2 aliphatic rings. The highest BCUT2D eigenvalue weighted by Crippen LogP contribution is 2.36. The first-order valence-corrected chi connectivity index (χ1v) is 13.8. The van der Waals surface area contributed by atoms with Crippen molar-refractivity contribution in [2.75, 3.05) is 30.8 Å². The fraction of sp³-hybridized carbons (Fsp3) is 0.586. The number of H-pyrrole nitrogens is 1. The second-order valence-electron chi connectivity index (χ2n) is 11.7. The number of aromatic nitrogens is 2. The van der Waals surface area contributed by atoms with Gasteiger partial charge in [0.15, 0.2) is 5.78 Å². The molecule has 9 heteroatoms. The topological polar surface area (TPSA) is 119 Å². The van der Waals surface area contributed by atoms with Crippen molar-refractivity contribution in [1.29, 1.82) is 0 Å². The van der Waals surface area contributed by atoms with Crippen LogP contribution >= 0.6 is 0 Å². The van der Waals surface area contributed by atoms with Crippen LogP contribution in [0.5, 0.6) is 0 Å². The van der Waals surface area contributed by atoms with Crippen LogP contribution in [0.3, 0.4) is 0 Å². The maximum atomic E-state index is 13.3. The van der Waals surface area contributed by atoms with E-state index < -0.39 is 6.04 Å². The Kier molecular flexibility index (Phi) is 8.55. The van der Waals surface area contributed by atoms with Gasteiger partial charge in [-0.15, -0.1) is 0 Å². The Balaban J connectivity index is 1.41. The van der Waals surface area contributed by atoms with E-state index in [0.717, 1.165) is 50.3 Å². The van der Waals surface area contributed by atoms with Crippen LogP contribution in [-0.4, -0.2) is 64.7 Å². The number of pyridine rings is 1. The summed E-state index contributed by atoms with van der Waals surface area (Å²) in [6.45, 7) is 10.1. The Bertz CT molecular complexity index is 1160. The first kappa shape index (κ1) is 27.8. The Morgan fingerprint density at radius 2 is 1.95 bits per heavy atom. The van der Waals surface area contributed by atoms with E-state index >= 15 is 0 Å². The Hall–Kier alpha value is -3.20. The molecule has 0 radical (unpaired) electrons. The minimum atomic E-state index is -0.702. The Morgan fingerprint density at radius 3 is 2.61 bits per heavy atom. The van der Waals surface area contributed by atoms with Gasteiger partial charge in [-0.05, 0) is 75.9 Å². The molecule has 4 rings (SSSR count). The number of rotatable bonds is 9. The molecule has 0 aromatic carbocycles. The smallest absolute Gasteiger partial charge is 0.268 e. The molecule has 0 bridgehead atoms. The van der Waals surface area contributed by atoms with Crippen LogP contribution in [0.2, 0.25) is 0 Å². The van der Waals surface area contributed by atoms with Gasteiger partial charge in [0, 0.05) is 23.7 Å². The van der Waals surface area contributed by atoms with Crippen LogP contribution in [0.1, 0.15) is 91.4 Å². The van der Waals surface area contributed by atoms with Gasteiger partial charge in [0.2, 0.25) is 5.91 Å². The van der Waals surface area contributed by atoms with Crippen molar-refractivity contribution in [3.63, 3.8) is 0 Å². The van der Waals surface area contributed by atoms with E-state index in [-0.39, 0.29) is 23.0 Å². The number of nitrogens with zero attached hydrogens (tertiary/aromatic N) is 2. The zero-order valence-electron chi connectivity index (χ0n) is 23.4. The summed E-state index contributed by atoms with van der Waals surface area (Å²) >= 11 is 0. The molecule has 0 spiro atoms. The predicted molar refractivity (Wildman–Crippen MR) is 150 cm³/mol. The molecular weight excluding hydrogens is 480 g/mol. The number of Topliss-reactive ketones (excluding diaryl/α,β-unsaturated/α-hetero) is 1. The third kappa shape index (κ3) is 6.62. The lowest BCUT2D eigenvalue weighted by Crippen LogP contribution is -2.44. The number of hydrogen-bond acceptors (Lipinski definition) is 6. The summed E-state index contributed by atoms with van der Waals surface area (Å²) in [4.78, 5) is 49.2. The minimum absolute atomic E-state index is 0.0607. The van der Waals surface area contributed by atoms with E-state index in [9.17, 15) is 14.4 Å². The molecular formula is C29H42N6O3. The van der Waals surface area contributed by atoms with Crippen LogP contribution in [0.15, 0.2) is 18.3 Å². The number of unbranched alkanes of at least 4 members (excludes halogenated alkanes) is 1. The number of amides is 2. The summed E-state index contributed by atoms with van der Waals surface area (Å²) in [7, 11) is 2.14. The van der Waals surface area contributed by atoms with E-state index in [1.54, 1.807) is 13.1 Å². The number of aromatic amines is 1. The molecule has 2 amide bonds. The van der Waals surface area contributed by atoms with Gasteiger partial charge in [0.05, 0.1) is 11.9 Å². The third-order valence-electron chi connectivity index (χ3n) is 7.70. The van der Waals surface area contributed by atoms with Crippen LogP contribution in [0.25, 0.3) is 0 Å². The number of carbonyl (C=O) groups is 3. The van der Waals surface area contributed by atoms with E-state index in [1.807, 2.05) is 19.1 Å². The molecule has 2 aromatic heterocycles. The van der Waals surface area contributed by atoms with Crippen molar-refractivity contribution in [2.45, 2.75) is 84.7 Å². The number of anilines is 2. The summed E-state index contributed by atoms with van der Waals surface area (Å²) in [5, 5.41) is 9.30. The molecule has 38 heavy (non-hydrogen) atoms. The fourth-order valence-electron chi connectivity index (χ4n) is 5.51. The lowest BCUT2D eigenvalue weighted by atomic mass is 9.75. The van der Waals surface area contributed by atoms with Gasteiger partial charge in [0.25, 0.3) is 5.91 Å². The van der Waals surface area contributed by atoms with E-state index in [2.05, 4.69) is 51.7 Å². The van der Waals surface area contributed by atoms with Crippen molar-refractivity contribution in [2.24, 2.45) is 5.41 Å². The molecule has 1 atom stereocenters. The number of fused-ring (bicyclic) bond motifs is 1. The van der Waals surface area contributed by atoms with Crippen molar-refractivity contribution < 1.29 is 14.4 Å². The molecule has 1 saturated heterocycles. The van der Waals surface area contributed by atoms with Crippen molar-refractivity contribution in [3.8, 4) is 0 Å². The van der Waals surface area contributed by atoms with Gasteiger partial charge in [-0.2, -0.15) is 0 Å². The molecule has 4 N–H and O–H groups in total. The summed E-state index contributed by atoms with van der Waals surface area (Å²) in [5.41, 5.74) is 2.89. The SMILES string of the molecule is CCCCC(NC(=O)c1[nH]c2c(c1C)C(=O)CC(C)(C)C2)C(=O)Nc1ccc(NC2CCN(C)CC2)nc1. The molecule has 2 aromatic rings. The first-order valence-electron chi connectivity index (χ1n) is 13.8.